The van der Waals surface area contributed by atoms with Gasteiger partial charge in [-0.05, 0) is 52.4 Å². The Morgan fingerprint density at radius 1 is 0.773 bits per heavy atom. The zero-order valence-corrected chi connectivity index (χ0v) is 12.6. The van der Waals surface area contributed by atoms with Gasteiger partial charge in [0.1, 0.15) is 5.82 Å². The molecule has 1 aliphatic rings. The van der Waals surface area contributed by atoms with Crippen LogP contribution in [0, 0.1) is 5.82 Å². The molecule has 1 unspecified atom stereocenters. The van der Waals surface area contributed by atoms with Gasteiger partial charge in [0, 0.05) is 4.90 Å². The third kappa shape index (κ3) is 2.32. The predicted octanol–water partition coefficient (Wildman–Crippen LogP) is 5.19. The highest BCUT2D eigenvalue weighted by molar-refractivity contribution is 7.97. The average molecular weight is 307 g/mol. The second kappa shape index (κ2) is 5.59. The summed E-state index contributed by atoms with van der Waals surface area (Å²) in [5.74, 6) is -0.207. The first-order valence-electron chi connectivity index (χ1n) is 7.19. The van der Waals surface area contributed by atoms with E-state index < -0.39 is 0 Å². The van der Waals surface area contributed by atoms with Crippen molar-refractivity contribution < 1.29 is 4.39 Å². The minimum atomic E-state index is -0.207. The van der Waals surface area contributed by atoms with E-state index in [0.29, 0.717) is 0 Å². The van der Waals surface area contributed by atoms with Gasteiger partial charge in [-0.25, -0.2) is 9.11 Å². The van der Waals surface area contributed by atoms with Crippen molar-refractivity contribution in [3.05, 3.63) is 89.7 Å². The fourth-order valence-corrected chi connectivity index (χ4v) is 3.80. The molecule has 0 fully saturated rings. The van der Waals surface area contributed by atoms with Crippen molar-refractivity contribution in [2.75, 3.05) is 0 Å². The molecule has 0 radical (unpaired) electrons. The Bertz CT molecular complexity index is 814. The third-order valence-electron chi connectivity index (χ3n) is 3.94. The first-order valence-corrected chi connectivity index (χ1v) is 8.01. The standard InChI is InChI=1S/C19H14FNS/c20-14-11-9-13(10-12-14)19-17-7-2-1-5-15(17)16-6-3-4-8-18(16)22-21-19/h1-12,19,21H. The average Bonchev–Trinajstić information content (AvgIpc) is 2.73. The number of hydrogen-bond donors (Lipinski definition) is 1. The van der Waals surface area contributed by atoms with E-state index in [1.807, 2.05) is 18.2 Å². The highest BCUT2D eigenvalue weighted by atomic mass is 32.2. The molecular weight excluding hydrogens is 293 g/mol. The molecule has 3 aromatic rings. The van der Waals surface area contributed by atoms with Gasteiger partial charge in [0.25, 0.3) is 0 Å². The SMILES string of the molecule is Fc1ccc(C2NSc3ccccc3-c3ccccc32)cc1. The summed E-state index contributed by atoms with van der Waals surface area (Å²) < 4.78 is 16.7. The molecule has 3 aromatic carbocycles. The van der Waals surface area contributed by atoms with E-state index in [2.05, 4.69) is 47.2 Å². The Balaban J connectivity index is 1.89. The smallest absolute Gasteiger partial charge is 0.123 e. The Hall–Kier alpha value is -2.10. The summed E-state index contributed by atoms with van der Waals surface area (Å²) in [6, 6.07) is 23.6. The fourth-order valence-electron chi connectivity index (χ4n) is 2.86. The van der Waals surface area contributed by atoms with Crippen molar-refractivity contribution in [2.45, 2.75) is 10.9 Å². The molecule has 0 saturated carbocycles. The van der Waals surface area contributed by atoms with Crippen LogP contribution >= 0.6 is 11.9 Å². The van der Waals surface area contributed by atoms with Gasteiger partial charge in [-0.2, -0.15) is 0 Å². The Labute approximate surface area is 133 Å². The van der Waals surface area contributed by atoms with E-state index in [-0.39, 0.29) is 11.9 Å². The van der Waals surface area contributed by atoms with Crippen LogP contribution in [0.3, 0.4) is 0 Å². The van der Waals surface area contributed by atoms with Crippen LogP contribution in [0.15, 0.2) is 77.7 Å². The largest absolute Gasteiger partial charge is 0.248 e. The van der Waals surface area contributed by atoms with E-state index in [1.165, 1.54) is 33.7 Å². The molecule has 0 amide bonds. The van der Waals surface area contributed by atoms with E-state index in [9.17, 15) is 4.39 Å². The highest BCUT2D eigenvalue weighted by Crippen LogP contribution is 2.41. The molecule has 0 bridgehead atoms. The fraction of sp³-hybridized carbons (Fsp3) is 0.0526. The van der Waals surface area contributed by atoms with Crippen LogP contribution in [0.25, 0.3) is 11.1 Å². The van der Waals surface area contributed by atoms with Crippen molar-refractivity contribution in [3.8, 4) is 11.1 Å². The molecule has 1 heterocycles. The summed E-state index contributed by atoms with van der Waals surface area (Å²) in [4.78, 5) is 1.21. The van der Waals surface area contributed by atoms with Gasteiger partial charge in [-0.15, -0.1) is 0 Å². The monoisotopic (exact) mass is 307 g/mol. The molecule has 1 aliphatic heterocycles. The van der Waals surface area contributed by atoms with Crippen LogP contribution in [0.4, 0.5) is 4.39 Å². The van der Waals surface area contributed by atoms with Crippen LogP contribution in [0.1, 0.15) is 17.2 Å². The minimum Gasteiger partial charge on any atom is -0.248 e. The third-order valence-corrected chi connectivity index (χ3v) is 4.87. The summed E-state index contributed by atoms with van der Waals surface area (Å²) in [6.45, 7) is 0. The van der Waals surface area contributed by atoms with E-state index >= 15 is 0 Å². The maximum Gasteiger partial charge on any atom is 0.123 e. The maximum absolute atomic E-state index is 13.2. The lowest BCUT2D eigenvalue weighted by Gasteiger charge is -2.18. The molecule has 108 valence electrons. The van der Waals surface area contributed by atoms with Crippen molar-refractivity contribution in [1.82, 2.24) is 4.72 Å². The van der Waals surface area contributed by atoms with Crippen LogP contribution < -0.4 is 4.72 Å². The highest BCUT2D eigenvalue weighted by Gasteiger charge is 2.23. The summed E-state index contributed by atoms with van der Waals surface area (Å²) in [6.07, 6.45) is 0. The van der Waals surface area contributed by atoms with Gasteiger partial charge < -0.3 is 0 Å². The lowest BCUT2D eigenvalue weighted by Crippen LogP contribution is -2.14. The van der Waals surface area contributed by atoms with Crippen LogP contribution in [-0.2, 0) is 0 Å². The Morgan fingerprint density at radius 2 is 1.45 bits per heavy atom. The quantitative estimate of drug-likeness (QED) is 0.621. The molecule has 3 heteroatoms. The molecule has 0 saturated heterocycles. The molecule has 22 heavy (non-hydrogen) atoms. The lowest BCUT2D eigenvalue weighted by atomic mass is 9.91. The summed E-state index contributed by atoms with van der Waals surface area (Å²) in [7, 11) is 0. The molecule has 0 aromatic heterocycles. The second-order valence-corrected chi connectivity index (χ2v) is 6.17. The first-order chi connectivity index (χ1) is 10.8. The Morgan fingerprint density at radius 3 is 2.27 bits per heavy atom. The van der Waals surface area contributed by atoms with Crippen molar-refractivity contribution in [2.24, 2.45) is 0 Å². The lowest BCUT2D eigenvalue weighted by molar-refractivity contribution is 0.626. The first kappa shape index (κ1) is 13.6. The number of hydrogen-bond acceptors (Lipinski definition) is 2. The molecule has 0 spiro atoms. The topological polar surface area (TPSA) is 12.0 Å². The summed E-state index contributed by atoms with van der Waals surface area (Å²) >= 11 is 1.63. The Kier molecular flexibility index (Phi) is 3.45. The summed E-state index contributed by atoms with van der Waals surface area (Å²) in [5, 5.41) is 0. The summed E-state index contributed by atoms with van der Waals surface area (Å²) in [5.41, 5.74) is 4.74. The van der Waals surface area contributed by atoms with Crippen LogP contribution in [0.5, 0.6) is 0 Å². The molecular formula is C19H14FNS. The van der Waals surface area contributed by atoms with E-state index in [0.717, 1.165) is 5.56 Å². The van der Waals surface area contributed by atoms with Crippen molar-refractivity contribution in [1.29, 1.82) is 0 Å². The number of halogens is 1. The molecule has 1 atom stereocenters. The van der Waals surface area contributed by atoms with E-state index in [1.54, 1.807) is 11.9 Å². The van der Waals surface area contributed by atoms with Crippen molar-refractivity contribution in [3.63, 3.8) is 0 Å². The van der Waals surface area contributed by atoms with Gasteiger partial charge in [-0.1, -0.05) is 54.6 Å². The second-order valence-electron chi connectivity index (χ2n) is 5.29. The van der Waals surface area contributed by atoms with Gasteiger partial charge in [0.2, 0.25) is 0 Å². The normalized spacial score (nSPS) is 16.5. The molecule has 1 N–H and O–H groups in total. The number of fused-ring (bicyclic) bond motifs is 3. The van der Waals surface area contributed by atoms with Gasteiger partial charge in [0.15, 0.2) is 0 Å². The molecule has 1 nitrogen and oxygen atoms in total. The van der Waals surface area contributed by atoms with E-state index in [4.69, 9.17) is 0 Å². The van der Waals surface area contributed by atoms with Crippen molar-refractivity contribution >= 4 is 11.9 Å². The minimum absolute atomic E-state index is 0.0363. The van der Waals surface area contributed by atoms with Gasteiger partial charge in [-0.3, -0.25) is 0 Å². The van der Waals surface area contributed by atoms with Gasteiger partial charge >= 0.3 is 0 Å². The van der Waals surface area contributed by atoms with Gasteiger partial charge in [0.05, 0.1) is 6.04 Å². The number of nitrogens with one attached hydrogen (secondary N) is 1. The zero-order valence-electron chi connectivity index (χ0n) is 11.8. The maximum atomic E-state index is 13.2. The van der Waals surface area contributed by atoms with Crippen LogP contribution in [-0.4, -0.2) is 0 Å². The zero-order chi connectivity index (χ0) is 14.9. The number of benzene rings is 3. The van der Waals surface area contributed by atoms with Crippen LogP contribution in [0.2, 0.25) is 0 Å². The predicted molar refractivity (Wildman–Crippen MR) is 89.1 cm³/mol. The molecule has 0 aliphatic carbocycles. The molecule has 4 rings (SSSR count). The number of rotatable bonds is 1.